The van der Waals surface area contributed by atoms with Crippen molar-refractivity contribution in [1.82, 2.24) is 4.31 Å². The van der Waals surface area contributed by atoms with Crippen molar-refractivity contribution < 1.29 is 17.4 Å². The van der Waals surface area contributed by atoms with Crippen LogP contribution in [0, 0.1) is 10.8 Å². The van der Waals surface area contributed by atoms with Gasteiger partial charge in [0.2, 0.25) is 5.91 Å². The van der Waals surface area contributed by atoms with Crippen LogP contribution >= 0.6 is 0 Å². The third-order valence-corrected chi connectivity index (χ3v) is 10.5. The van der Waals surface area contributed by atoms with E-state index in [9.17, 15) is 17.4 Å². The van der Waals surface area contributed by atoms with E-state index in [0.717, 1.165) is 12.1 Å². The number of amides is 1. The molecule has 1 spiro atoms. The summed E-state index contributed by atoms with van der Waals surface area (Å²) < 4.78 is 39.3. The first kappa shape index (κ1) is 23.3. The maximum atomic E-state index is 13.3. The van der Waals surface area contributed by atoms with Crippen molar-refractivity contribution in [2.45, 2.75) is 51.9 Å². The molecule has 6 nitrogen and oxygen atoms in total. The van der Waals surface area contributed by atoms with Crippen LogP contribution in [0.5, 0.6) is 0 Å². The fraction of sp³-hybridized carbons (Fsp3) is 0.636. The summed E-state index contributed by atoms with van der Waals surface area (Å²) >= 11 is 0. The molecule has 1 aromatic carbocycles. The van der Waals surface area contributed by atoms with Gasteiger partial charge in [-0.2, -0.15) is 0 Å². The largest absolute Gasteiger partial charge is 0.312 e. The number of rotatable bonds is 4. The SMILES string of the molecule is CCS(=O)(=O)c1ccc(N2CCC3(CCN(S(C)(=O)=CC(C)(C)C)CC3)C2=O)cc1. The first-order valence-corrected chi connectivity index (χ1v) is 14.2. The zero-order chi connectivity index (χ0) is 22.4. The van der Waals surface area contributed by atoms with E-state index in [1.54, 1.807) is 42.3 Å². The van der Waals surface area contributed by atoms with Gasteiger partial charge in [0, 0.05) is 41.3 Å². The summed E-state index contributed by atoms with van der Waals surface area (Å²) in [5, 5.41) is 1.94. The summed E-state index contributed by atoms with van der Waals surface area (Å²) in [7, 11) is -5.47. The smallest absolute Gasteiger partial charge is 0.233 e. The van der Waals surface area contributed by atoms with Crippen molar-refractivity contribution in [1.29, 1.82) is 0 Å². The van der Waals surface area contributed by atoms with Crippen LogP contribution in [0.4, 0.5) is 5.69 Å². The number of sulfone groups is 1. The maximum Gasteiger partial charge on any atom is 0.233 e. The molecule has 3 rings (SSSR count). The van der Waals surface area contributed by atoms with Gasteiger partial charge in [-0.3, -0.25) is 9.00 Å². The van der Waals surface area contributed by atoms with Crippen LogP contribution in [0.3, 0.4) is 0 Å². The van der Waals surface area contributed by atoms with E-state index in [0.29, 0.717) is 32.5 Å². The van der Waals surface area contributed by atoms with Gasteiger partial charge in [0.15, 0.2) is 9.84 Å². The Bertz CT molecular complexity index is 1020. The fourth-order valence-corrected chi connectivity index (χ4v) is 7.79. The molecule has 8 heteroatoms. The number of carbonyl (C=O) groups is 1. The summed E-state index contributed by atoms with van der Waals surface area (Å²) in [6.45, 7) is 9.71. The minimum atomic E-state index is -3.25. The number of benzene rings is 1. The first-order valence-electron chi connectivity index (χ1n) is 10.5. The van der Waals surface area contributed by atoms with Crippen molar-refractivity contribution in [2.75, 3.05) is 36.5 Å². The number of nitrogens with zero attached hydrogens (tertiary/aromatic N) is 2. The van der Waals surface area contributed by atoms with Gasteiger partial charge < -0.3 is 4.90 Å². The third-order valence-electron chi connectivity index (χ3n) is 6.16. The van der Waals surface area contributed by atoms with Crippen LogP contribution in [-0.4, -0.2) is 59.8 Å². The van der Waals surface area contributed by atoms with Gasteiger partial charge in [-0.05, 0) is 54.3 Å². The first-order chi connectivity index (χ1) is 13.8. The molecule has 1 atom stereocenters. The molecule has 168 valence electrons. The minimum Gasteiger partial charge on any atom is -0.312 e. The lowest BCUT2D eigenvalue weighted by molar-refractivity contribution is -0.127. The molecule has 1 unspecified atom stereocenters. The molecule has 1 aromatic rings. The molecule has 2 saturated heterocycles. The van der Waals surface area contributed by atoms with Crippen LogP contribution < -0.4 is 4.90 Å². The third kappa shape index (κ3) is 4.60. The van der Waals surface area contributed by atoms with Crippen LogP contribution in [0.15, 0.2) is 29.2 Å². The van der Waals surface area contributed by atoms with Crippen molar-refractivity contribution in [2.24, 2.45) is 10.8 Å². The van der Waals surface area contributed by atoms with E-state index in [1.165, 1.54) is 0 Å². The second-order valence-electron chi connectivity index (χ2n) is 9.66. The summed E-state index contributed by atoms with van der Waals surface area (Å²) in [6.07, 6.45) is 3.98. The fourth-order valence-electron chi connectivity index (χ4n) is 4.54. The molecule has 0 aromatic heterocycles. The number of anilines is 1. The molecule has 30 heavy (non-hydrogen) atoms. The number of hydrogen-bond donors (Lipinski definition) is 0. The Morgan fingerprint density at radius 3 is 2.03 bits per heavy atom. The highest BCUT2D eigenvalue weighted by Crippen LogP contribution is 2.43. The van der Waals surface area contributed by atoms with Gasteiger partial charge in [0.05, 0.1) is 16.1 Å². The Morgan fingerprint density at radius 2 is 1.53 bits per heavy atom. The lowest BCUT2D eigenvalue weighted by Crippen LogP contribution is -2.47. The maximum absolute atomic E-state index is 13.3. The highest BCUT2D eigenvalue weighted by molar-refractivity contribution is 7.98. The zero-order valence-corrected chi connectivity index (χ0v) is 20.3. The van der Waals surface area contributed by atoms with Crippen molar-refractivity contribution >= 4 is 36.5 Å². The molecule has 0 bridgehead atoms. The summed E-state index contributed by atoms with van der Waals surface area (Å²) in [5.74, 6) is 0.164. The van der Waals surface area contributed by atoms with Crippen LogP contribution in [0.2, 0.25) is 0 Å². The monoisotopic (exact) mass is 454 g/mol. The lowest BCUT2D eigenvalue weighted by atomic mass is 9.77. The quantitative estimate of drug-likeness (QED) is 0.656. The molecule has 2 aliphatic rings. The van der Waals surface area contributed by atoms with Gasteiger partial charge in [0.25, 0.3) is 0 Å². The Hall–Kier alpha value is -1.38. The zero-order valence-electron chi connectivity index (χ0n) is 18.7. The van der Waals surface area contributed by atoms with E-state index in [1.807, 2.05) is 9.67 Å². The Labute approximate surface area is 181 Å². The molecule has 0 radical (unpaired) electrons. The molecular formula is C22H34N2O4S2. The molecule has 2 fully saturated rings. The van der Waals surface area contributed by atoms with Gasteiger partial charge >= 0.3 is 0 Å². The minimum absolute atomic E-state index is 0.0574. The van der Waals surface area contributed by atoms with Crippen LogP contribution in [-0.2, 0) is 24.3 Å². The van der Waals surface area contributed by atoms with E-state index in [2.05, 4.69) is 20.8 Å². The van der Waals surface area contributed by atoms with Crippen molar-refractivity contribution in [3.05, 3.63) is 24.3 Å². The summed E-state index contributed by atoms with van der Waals surface area (Å²) in [6, 6.07) is 6.63. The van der Waals surface area contributed by atoms with Crippen LogP contribution in [0.25, 0.3) is 0 Å². The predicted octanol–water partition coefficient (Wildman–Crippen LogP) is 2.98. The Morgan fingerprint density at radius 1 is 1.00 bits per heavy atom. The van der Waals surface area contributed by atoms with Gasteiger partial charge in [0.1, 0.15) is 0 Å². The van der Waals surface area contributed by atoms with Gasteiger partial charge in [-0.25, -0.2) is 12.7 Å². The van der Waals surface area contributed by atoms with E-state index in [4.69, 9.17) is 0 Å². The van der Waals surface area contributed by atoms with E-state index < -0.39 is 25.0 Å². The topological polar surface area (TPSA) is 74.8 Å². The normalized spacial score (nSPS) is 22.3. The summed E-state index contributed by atoms with van der Waals surface area (Å²) in [5.41, 5.74) is 0.218. The average Bonchev–Trinajstić information content (AvgIpc) is 2.96. The standard InChI is InChI=1S/C22H34N2O4S2/c1-6-30(27,28)19-9-7-18(8-10-19)24-16-13-22(20(24)25)11-14-23(15-12-22)29(5,26)17-21(2,3)4/h7-10,17H,6,11-16H2,1-5H3. The predicted molar refractivity (Wildman–Crippen MR) is 124 cm³/mol. The number of piperidine rings is 1. The number of hydrogen-bond acceptors (Lipinski definition) is 4. The molecular weight excluding hydrogens is 420 g/mol. The Balaban J connectivity index is 1.74. The lowest BCUT2D eigenvalue weighted by Gasteiger charge is -2.39. The Kier molecular flexibility index (Phi) is 6.17. The van der Waals surface area contributed by atoms with E-state index >= 15 is 0 Å². The highest BCUT2D eigenvalue weighted by Gasteiger charge is 2.49. The van der Waals surface area contributed by atoms with Crippen LogP contribution in [0.1, 0.15) is 47.0 Å². The molecule has 2 aliphatic heterocycles. The second kappa shape index (κ2) is 7.95. The summed E-state index contributed by atoms with van der Waals surface area (Å²) in [4.78, 5) is 15.4. The molecule has 0 saturated carbocycles. The van der Waals surface area contributed by atoms with Crippen molar-refractivity contribution in [3.63, 3.8) is 0 Å². The molecule has 0 aliphatic carbocycles. The molecule has 1 amide bonds. The van der Waals surface area contributed by atoms with E-state index in [-0.39, 0.29) is 22.0 Å². The molecule has 0 N–H and O–H groups in total. The molecule has 2 heterocycles. The highest BCUT2D eigenvalue weighted by atomic mass is 32.2. The average molecular weight is 455 g/mol. The van der Waals surface area contributed by atoms with Gasteiger partial charge in [-0.15, -0.1) is 0 Å². The van der Waals surface area contributed by atoms with Crippen molar-refractivity contribution in [3.8, 4) is 0 Å². The van der Waals surface area contributed by atoms with Gasteiger partial charge in [-0.1, -0.05) is 27.7 Å². The number of carbonyl (C=O) groups excluding carboxylic acids is 1. The second-order valence-corrected chi connectivity index (χ2v) is 14.4.